The molecule has 0 radical (unpaired) electrons. The molecular weight excluding hydrogens is 252 g/mol. The maximum atomic E-state index is 5.55. The molecule has 0 unspecified atom stereocenters. The summed E-state index contributed by atoms with van der Waals surface area (Å²) in [6.07, 6.45) is 8.20. The molecule has 0 saturated heterocycles. The van der Waals surface area contributed by atoms with Crippen molar-refractivity contribution in [3.8, 4) is 0 Å². The molecule has 2 heteroatoms. The van der Waals surface area contributed by atoms with Crippen molar-refractivity contribution in [2.24, 2.45) is 0 Å². The molecule has 0 spiro atoms. The van der Waals surface area contributed by atoms with E-state index in [-0.39, 0.29) is 0 Å². The minimum Gasteiger partial charge on any atom is -0.381 e. The van der Waals surface area contributed by atoms with Crippen LogP contribution in [0.1, 0.15) is 39.2 Å². The summed E-state index contributed by atoms with van der Waals surface area (Å²) >= 11 is 0. The van der Waals surface area contributed by atoms with Gasteiger partial charge >= 0.3 is 0 Å². The van der Waals surface area contributed by atoms with Crippen molar-refractivity contribution in [2.45, 2.75) is 50.2 Å². The Hall–Kier alpha value is -0.470. The van der Waals surface area contributed by atoms with Gasteiger partial charge in [0, 0.05) is 13.2 Å². The van der Waals surface area contributed by atoms with Crippen molar-refractivity contribution in [1.29, 1.82) is 0 Å². The number of aryl methyl sites for hydroxylation is 1. The minimum atomic E-state index is -0.670. The lowest BCUT2D eigenvalue weighted by Crippen LogP contribution is -2.09. The zero-order valence-electron chi connectivity index (χ0n) is 13.2. The number of ether oxygens (including phenoxy) is 1. The van der Waals surface area contributed by atoms with E-state index >= 15 is 0 Å². The first-order valence-corrected chi connectivity index (χ1v) is 9.88. The summed E-state index contributed by atoms with van der Waals surface area (Å²) in [5.74, 6) is 0. The van der Waals surface area contributed by atoms with Gasteiger partial charge in [0.1, 0.15) is 0 Å². The van der Waals surface area contributed by atoms with Crippen molar-refractivity contribution in [2.75, 3.05) is 25.7 Å². The number of rotatable bonds is 8. The fourth-order valence-electron chi connectivity index (χ4n) is 1.93. The number of hydrogen-bond donors (Lipinski definition) is 0. The van der Waals surface area contributed by atoms with Gasteiger partial charge in [-0.25, -0.2) is 10.0 Å². The third kappa shape index (κ3) is 5.19. The fraction of sp³-hybridized carbons (Fsp3) is 0.647. The van der Waals surface area contributed by atoms with Crippen LogP contribution in [0.25, 0.3) is 0 Å². The molecule has 0 bridgehead atoms. The Morgan fingerprint density at radius 1 is 1.16 bits per heavy atom. The number of benzene rings is 1. The molecule has 0 fully saturated rings. The first-order chi connectivity index (χ1) is 8.98. The van der Waals surface area contributed by atoms with Crippen LogP contribution < -0.4 is 0 Å². The molecule has 1 nitrogen and oxygen atoms in total. The summed E-state index contributed by atoms with van der Waals surface area (Å²) in [6.45, 7) is 8.60. The molecule has 0 amide bonds. The summed E-state index contributed by atoms with van der Waals surface area (Å²) in [4.78, 5) is 1.54. The van der Waals surface area contributed by atoms with Crippen LogP contribution in [-0.2, 0) is 11.2 Å². The zero-order valence-corrected chi connectivity index (χ0v) is 14.1. The van der Waals surface area contributed by atoms with E-state index in [0.29, 0.717) is 0 Å². The molecule has 1 aromatic rings. The van der Waals surface area contributed by atoms with Gasteiger partial charge in [-0.05, 0) is 53.5 Å². The summed E-state index contributed by atoms with van der Waals surface area (Å²) in [5.41, 5.74) is 1.46. The normalized spacial score (nSPS) is 12.9. The largest absolute Gasteiger partial charge is 0.381 e. The minimum absolute atomic E-state index is 0.670. The topological polar surface area (TPSA) is 9.23 Å². The van der Waals surface area contributed by atoms with Crippen LogP contribution in [0.5, 0.6) is 0 Å². The summed E-state index contributed by atoms with van der Waals surface area (Å²) in [5, 5.41) is 0.732. The van der Waals surface area contributed by atoms with Crippen molar-refractivity contribution >= 4 is 10.0 Å². The van der Waals surface area contributed by atoms with Gasteiger partial charge in [-0.1, -0.05) is 39.0 Å². The lowest BCUT2D eigenvalue weighted by Gasteiger charge is -2.36. The molecule has 110 valence electrons. The second-order valence-corrected chi connectivity index (χ2v) is 10.0. The zero-order chi connectivity index (χ0) is 14.3. The fourth-order valence-corrected chi connectivity index (χ4v) is 3.35. The van der Waals surface area contributed by atoms with Crippen molar-refractivity contribution in [3.05, 3.63) is 29.8 Å². The SMILES string of the molecule is CCCOCCCc1cccc(S(C)(C)C(C)C)c1. The maximum absolute atomic E-state index is 5.55. The molecule has 0 aliphatic carbocycles. The lowest BCUT2D eigenvalue weighted by molar-refractivity contribution is 0.132. The summed E-state index contributed by atoms with van der Waals surface area (Å²) in [6, 6.07) is 9.18. The Labute approximate surface area is 121 Å². The van der Waals surface area contributed by atoms with Gasteiger partial charge in [0.15, 0.2) is 0 Å². The molecule has 0 aromatic heterocycles. The second kappa shape index (κ2) is 7.96. The average molecular weight is 282 g/mol. The Bertz CT molecular complexity index is 371. The van der Waals surface area contributed by atoms with Crippen LogP contribution in [-0.4, -0.2) is 31.0 Å². The first kappa shape index (κ1) is 16.6. The lowest BCUT2D eigenvalue weighted by atomic mass is 10.1. The molecule has 0 heterocycles. The highest BCUT2D eigenvalue weighted by atomic mass is 32.3. The van der Waals surface area contributed by atoms with Crippen LogP contribution in [0.15, 0.2) is 29.2 Å². The summed E-state index contributed by atoms with van der Waals surface area (Å²) in [7, 11) is -0.670. The Kier molecular flexibility index (Phi) is 6.95. The summed E-state index contributed by atoms with van der Waals surface area (Å²) < 4.78 is 5.55. The van der Waals surface area contributed by atoms with Gasteiger partial charge < -0.3 is 4.74 Å². The smallest absolute Gasteiger partial charge is 0.0469 e. The Morgan fingerprint density at radius 3 is 2.53 bits per heavy atom. The van der Waals surface area contributed by atoms with Gasteiger partial charge in [0.05, 0.1) is 0 Å². The third-order valence-electron chi connectivity index (χ3n) is 3.79. The number of hydrogen-bond acceptors (Lipinski definition) is 1. The van der Waals surface area contributed by atoms with E-state index in [1.807, 2.05) is 0 Å². The molecule has 1 aromatic carbocycles. The van der Waals surface area contributed by atoms with Gasteiger partial charge in [-0.3, -0.25) is 0 Å². The molecule has 0 saturated carbocycles. The van der Waals surface area contributed by atoms with Gasteiger partial charge in [0.2, 0.25) is 0 Å². The van der Waals surface area contributed by atoms with Crippen LogP contribution in [0.2, 0.25) is 0 Å². The highest BCUT2D eigenvalue weighted by Crippen LogP contribution is 2.53. The highest BCUT2D eigenvalue weighted by molar-refractivity contribution is 8.33. The van der Waals surface area contributed by atoms with Crippen LogP contribution >= 0.6 is 10.0 Å². The van der Waals surface area contributed by atoms with E-state index < -0.39 is 10.0 Å². The Balaban J connectivity index is 2.57. The molecule has 0 aliphatic rings. The molecular formula is C17H30OS. The van der Waals surface area contributed by atoms with Gasteiger partial charge in [-0.15, -0.1) is 0 Å². The first-order valence-electron chi connectivity index (χ1n) is 7.37. The van der Waals surface area contributed by atoms with E-state index in [9.17, 15) is 0 Å². The second-order valence-electron chi connectivity index (χ2n) is 5.82. The highest BCUT2D eigenvalue weighted by Gasteiger charge is 2.18. The quantitative estimate of drug-likeness (QED) is 0.618. The van der Waals surface area contributed by atoms with Crippen molar-refractivity contribution in [1.82, 2.24) is 0 Å². The molecule has 0 atom stereocenters. The maximum Gasteiger partial charge on any atom is 0.0469 e. The standard InChI is InChI=1S/C17H30OS/c1-6-12-18-13-8-10-16-9-7-11-17(14-16)19(4,5)15(2)3/h7,9,11,14-15H,6,8,10,12-13H2,1-5H3. The molecule has 1 rings (SSSR count). The van der Waals surface area contributed by atoms with E-state index in [4.69, 9.17) is 4.74 Å². The van der Waals surface area contributed by atoms with E-state index in [1.165, 1.54) is 10.5 Å². The van der Waals surface area contributed by atoms with E-state index in [0.717, 1.165) is 37.7 Å². The third-order valence-corrected chi connectivity index (χ3v) is 7.61. The van der Waals surface area contributed by atoms with E-state index in [1.54, 1.807) is 0 Å². The molecule has 19 heavy (non-hydrogen) atoms. The predicted octanol–water partition coefficient (Wildman–Crippen LogP) is 4.88. The predicted molar refractivity (Wildman–Crippen MR) is 88.7 cm³/mol. The Morgan fingerprint density at radius 2 is 1.89 bits per heavy atom. The molecule has 0 N–H and O–H groups in total. The van der Waals surface area contributed by atoms with Crippen molar-refractivity contribution < 1.29 is 4.74 Å². The monoisotopic (exact) mass is 282 g/mol. The van der Waals surface area contributed by atoms with E-state index in [2.05, 4.69) is 57.5 Å². The average Bonchev–Trinajstić information content (AvgIpc) is 2.38. The van der Waals surface area contributed by atoms with Crippen LogP contribution in [0.4, 0.5) is 0 Å². The van der Waals surface area contributed by atoms with Crippen LogP contribution in [0, 0.1) is 0 Å². The van der Waals surface area contributed by atoms with Gasteiger partial charge in [0.25, 0.3) is 0 Å². The van der Waals surface area contributed by atoms with Gasteiger partial charge in [-0.2, -0.15) is 0 Å². The van der Waals surface area contributed by atoms with Crippen LogP contribution in [0.3, 0.4) is 0 Å². The van der Waals surface area contributed by atoms with Crippen molar-refractivity contribution in [3.63, 3.8) is 0 Å². The molecule has 0 aliphatic heterocycles.